The topological polar surface area (TPSA) is 40.2 Å². The molecule has 3 heterocycles. The molecule has 0 saturated carbocycles. The van der Waals surface area contributed by atoms with Crippen molar-refractivity contribution in [3.05, 3.63) is 70.5 Å². The molecule has 122 valence electrons. The van der Waals surface area contributed by atoms with E-state index in [0.29, 0.717) is 0 Å². The Bertz CT molecular complexity index is 786. The number of para-hydroxylation sites is 1. The van der Waals surface area contributed by atoms with Crippen molar-refractivity contribution in [2.45, 2.75) is 13.1 Å². The molecule has 0 atom stereocenters. The number of nitrogens with zero attached hydrogens (tertiary/aromatic N) is 2. The Morgan fingerprint density at radius 1 is 1.21 bits per heavy atom. The van der Waals surface area contributed by atoms with Crippen molar-refractivity contribution >= 4 is 28.5 Å². The van der Waals surface area contributed by atoms with Gasteiger partial charge in [0, 0.05) is 55.4 Å². The molecule has 1 aromatic carbocycles. The monoisotopic (exact) mass is 336 g/mol. The predicted molar refractivity (Wildman–Crippen MR) is 101 cm³/mol. The molecule has 0 amide bonds. The van der Waals surface area contributed by atoms with E-state index < -0.39 is 0 Å². The lowest BCUT2D eigenvalue weighted by atomic mass is 10.2. The van der Waals surface area contributed by atoms with Crippen LogP contribution in [0.3, 0.4) is 0 Å². The molecule has 0 saturated heterocycles. The SMILES string of the molecule is c1ccc(Nc2cc3c(cn2)CN(Cc2ccsc2)CCN3)cc1. The molecular formula is C19H20N4S. The molecule has 2 N–H and O–H groups in total. The maximum atomic E-state index is 4.58. The molecule has 24 heavy (non-hydrogen) atoms. The minimum atomic E-state index is 0.874. The zero-order chi connectivity index (χ0) is 16.2. The summed E-state index contributed by atoms with van der Waals surface area (Å²) in [5, 5.41) is 11.3. The third kappa shape index (κ3) is 3.58. The van der Waals surface area contributed by atoms with Crippen LogP contribution in [0.25, 0.3) is 0 Å². The number of fused-ring (bicyclic) bond motifs is 1. The molecule has 1 aliphatic heterocycles. The van der Waals surface area contributed by atoms with Crippen molar-refractivity contribution in [2.24, 2.45) is 0 Å². The lowest BCUT2D eigenvalue weighted by molar-refractivity contribution is 0.272. The van der Waals surface area contributed by atoms with Gasteiger partial charge in [0.05, 0.1) is 0 Å². The minimum absolute atomic E-state index is 0.874. The Kier molecular flexibility index (Phi) is 4.44. The van der Waals surface area contributed by atoms with Gasteiger partial charge in [0.2, 0.25) is 0 Å². The second-order valence-corrected chi connectivity index (χ2v) is 6.77. The second-order valence-electron chi connectivity index (χ2n) is 5.99. The molecule has 5 heteroatoms. The highest BCUT2D eigenvalue weighted by Crippen LogP contribution is 2.25. The Hall–Kier alpha value is -2.37. The fraction of sp³-hybridized carbons (Fsp3) is 0.211. The van der Waals surface area contributed by atoms with Crippen LogP contribution in [-0.4, -0.2) is 23.0 Å². The Morgan fingerprint density at radius 2 is 2.12 bits per heavy atom. The van der Waals surface area contributed by atoms with E-state index >= 15 is 0 Å². The van der Waals surface area contributed by atoms with Gasteiger partial charge in [-0.25, -0.2) is 4.98 Å². The van der Waals surface area contributed by atoms with Gasteiger partial charge >= 0.3 is 0 Å². The smallest absolute Gasteiger partial charge is 0.132 e. The molecule has 3 aromatic rings. The Balaban J connectivity index is 1.49. The number of thiophene rings is 1. The Labute approximate surface area is 146 Å². The number of hydrogen-bond acceptors (Lipinski definition) is 5. The van der Waals surface area contributed by atoms with Gasteiger partial charge in [0.25, 0.3) is 0 Å². The third-order valence-corrected chi connectivity index (χ3v) is 4.89. The van der Waals surface area contributed by atoms with E-state index in [1.54, 1.807) is 11.3 Å². The maximum Gasteiger partial charge on any atom is 0.132 e. The highest BCUT2D eigenvalue weighted by molar-refractivity contribution is 7.07. The highest BCUT2D eigenvalue weighted by atomic mass is 32.1. The van der Waals surface area contributed by atoms with Crippen LogP contribution in [0.2, 0.25) is 0 Å². The van der Waals surface area contributed by atoms with Crippen molar-refractivity contribution in [3.8, 4) is 0 Å². The van der Waals surface area contributed by atoms with Gasteiger partial charge in [-0.2, -0.15) is 11.3 Å². The number of anilines is 3. The summed E-state index contributed by atoms with van der Waals surface area (Å²) < 4.78 is 0. The average Bonchev–Trinajstić information content (AvgIpc) is 3.02. The number of aromatic nitrogens is 1. The fourth-order valence-electron chi connectivity index (χ4n) is 2.96. The van der Waals surface area contributed by atoms with Crippen molar-refractivity contribution in [1.82, 2.24) is 9.88 Å². The molecule has 0 radical (unpaired) electrons. The first-order chi connectivity index (χ1) is 11.9. The van der Waals surface area contributed by atoms with Crippen molar-refractivity contribution in [1.29, 1.82) is 0 Å². The molecule has 0 aliphatic carbocycles. The van der Waals surface area contributed by atoms with Gasteiger partial charge in [-0.05, 0) is 34.5 Å². The number of nitrogens with one attached hydrogen (secondary N) is 2. The molecular weight excluding hydrogens is 316 g/mol. The summed E-state index contributed by atoms with van der Waals surface area (Å²) in [6.45, 7) is 3.91. The first-order valence-corrected chi connectivity index (χ1v) is 9.09. The van der Waals surface area contributed by atoms with Crippen molar-refractivity contribution in [2.75, 3.05) is 23.7 Å². The van der Waals surface area contributed by atoms with Crippen LogP contribution in [0.4, 0.5) is 17.2 Å². The van der Waals surface area contributed by atoms with Gasteiger partial charge in [-0.1, -0.05) is 18.2 Å². The standard InChI is InChI=1S/C19H20N4S/c1-2-4-17(5-3-1)22-19-10-18-16(11-21-19)13-23(8-7-20-18)12-15-6-9-24-14-15/h1-6,9-11,14,20H,7-8,12-13H2,(H,21,22). The van der Waals surface area contributed by atoms with Gasteiger partial charge < -0.3 is 10.6 Å². The summed E-state index contributed by atoms with van der Waals surface area (Å²) in [6, 6.07) is 14.5. The zero-order valence-corrected chi connectivity index (χ0v) is 14.2. The van der Waals surface area contributed by atoms with Crippen LogP contribution < -0.4 is 10.6 Å². The van der Waals surface area contributed by atoms with Crippen molar-refractivity contribution in [3.63, 3.8) is 0 Å². The number of benzene rings is 1. The number of pyridine rings is 1. The van der Waals surface area contributed by atoms with Crippen LogP contribution >= 0.6 is 11.3 Å². The van der Waals surface area contributed by atoms with E-state index in [1.807, 2.05) is 36.5 Å². The summed E-state index contributed by atoms with van der Waals surface area (Å²) in [5.74, 6) is 0.874. The summed E-state index contributed by atoms with van der Waals surface area (Å²) in [6.07, 6.45) is 1.99. The Morgan fingerprint density at radius 3 is 2.96 bits per heavy atom. The van der Waals surface area contributed by atoms with Gasteiger partial charge in [-0.3, -0.25) is 4.90 Å². The molecule has 0 spiro atoms. The van der Waals surface area contributed by atoms with Crippen LogP contribution in [0.5, 0.6) is 0 Å². The number of hydrogen-bond donors (Lipinski definition) is 2. The van der Waals surface area contributed by atoms with E-state index in [2.05, 4.69) is 43.4 Å². The first-order valence-electron chi connectivity index (χ1n) is 8.15. The molecule has 4 nitrogen and oxygen atoms in total. The summed E-state index contributed by atoms with van der Waals surface area (Å²) >= 11 is 1.76. The van der Waals surface area contributed by atoms with E-state index in [1.165, 1.54) is 16.8 Å². The molecule has 2 aromatic heterocycles. The second kappa shape index (κ2) is 7.03. The van der Waals surface area contributed by atoms with E-state index in [9.17, 15) is 0 Å². The quantitative estimate of drug-likeness (QED) is 0.745. The third-order valence-electron chi connectivity index (χ3n) is 4.16. The number of rotatable bonds is 4. The normalized spacial score (nSPS) is 14.5. The maximum absolute atomic E-state index is 4.58. The lowest BCUT2D eigenvalue weighted by Gasteiger charge is -2.19. The molecule has 1 aliphatic rings. The first kappa shape index (κ1) is 15.2. The average molecular weight is 336 g/mol. The van der Waals surface area contributed by atoms with E-state index in [0.717, 1.165) is 37.7 Å². The molecule has 0 unspecified atom stereocenters. The van der Waals surface area contributed by atoms with Crippen LogP contribution in [0.1, 0.15) is 11.1 Å². The van der Waals surface area contributed by atoms with Gasteiger partial charge in [-0.15, -0.1) is 0 Å². The van der Waals surface area contributed by atoms with E-state index in [4.69, 9.17) is 0 Å². The van der Waals surface area contributed by atoms with Crippen molar-refractivity contribution < 1.29 is 0 Å². The highest BCUT2D eigenvalue weighted by Gasteiger charge is 2.15. The van der Waals surface area contributed by atoms with Crippen LogP contribution in [-0.2, 0) is 13.1 Å². The van der Waals surface area contributed by atoms with Gasteiger partial charge in [0.15, 0.2) is 0 Å². The summed E-state index contributed by atoms with van der Waals surface area (Å²) in [4.78, 5) is 7.05. The lowest BCUT2D eigenvalue weighted by Crippen LogP contribution is -2.25. The largest absolute Gasteiger partial charge is 0.383 e. The van der Waals surface area contributed by atoms with Crippen LogP contribution in [0, 0.1) is 0 Å². The minimum Gasteiger partial charge on any atom is -0.383 e. The summed E-state index contributed by atoms with van der Waals surface area (Å²) in [5.41, 5.74) is 4.87. The summed E-state index contributed by atoms with van der Waals surface area (Å²) in [7, 11) is 0. The molecule has 0 bridgehead atoms. The molecule has 4 rings (SSSR count). The predicted octanol–water partition coefficient (Wildman–Crippen LogP) is 4.31. The molecule has 0 fully saturated rings. The van der Waals surface area contributed by atoms with Crippen LogP contribution in [0.15, 0.2) is 59.4 Å². The van der Waals surface area contributed by atoms with E-state index in [-0.39, 0.29) is 0 Å². The zero-order valence-electron chi connectivity index (χ0n) is 13.4. The van der Waals surface area contributed by atoms with Gasteiger partial charge in [0.1, 0.15) is 5.82 Å². The fourth-order valence-corrected chi connectivity index (χ4v) is 3.62.